The summed E-state index contributed by atoms with van der Waals surface area (Å²) in [5, 5.41) is 9.42. The Bertz CT molecular complexity index is 1080. The number of ether oxygens (including phenoxy) is 1. The summed E-state index contributed by atoms with van der Waals surface area (Å²) in [4.78, 5) is 23.4. The smallest absolute Gasteiger partial charge is 0.247 e. The van der Waals surface area contributed by atoms with E-state index in [9.17, 15) is 4.79 Å². The lowest BCUT2D eigenvalue weighted by Gasteiger charge is -2.07. The van der Waals surface area contributed by atoms with Crippen LogP contribution in [-0.4, -0.2) is 31.1 Å². The minimum atomic E-state index is -0.291. The highest BCUT2D eigenvalue weighted by Gasteiger charge is 2.11. The van der Waals surface area contributed by atoms with Gasteiger partial charge in [-0.1, -0.05) is 12.6 Å². The van der Waals surface area contributed by atoms with Crippen molar-refractivity contribution in [2.24, 2.45) is 0 Å². The number of hydrogen-bond acceptors (Lipinski definition) is 5. The minimum absolute atomic E-state index is 0.291. The highest BCUT2D eigenvalue weighted by atomic mass is 16.5. The molecule has 3 aromatic heterocycles. The van der Waals surface area contributed by atoms with Gasteiger partial charge in [0, 0.05) is 35.3 Å². The summed E-state index contributed by atoms with van der Waals surface area (Å²) in [6, 6.07) is 6.99. The maximum absolute atomic E-state index is 11.4. The van der Waals surface area contributed by atoms with Crippen molar-refractivity contribution in [3.63, 3.8) is 0 Å². The van der Waals surface area contributed by atoms with Crippen molar-refractivity contribution in [2.75, 3.05) is 5.32 Å². The molecule has 1 amide bonds. The molecule has 3 heterocycles. The van der Waals surface area contributed by atoms with Crippen LogP contribution >= 0.6 is 0 Å². The van der Waals surface area contributed by atoms with Gasteiger partial charge in [0.25, 0.3) is 0 Å². The van der Waals surface area contributed by atoms with Crippen LogP contribution in [0.15, 0.2) is 61.7 Å². The van der Waals surface area contributed by atoms with E-state index in [2.05, 4.69) is 37.0 Å². The molecule has 3 N–H and O–H groups in total. The molecule has 0 spiro atoms. The number of anilines is 1. The van der Waals surface area contributed by atoms with Crippen LogP contribution < -0.4 is 10.1 Å². The lowest BCUT2D eigenvalue weighted by molar-refractivity contribution is -0.111. The molecular formula is C18H14N6O2. The Morgan fingerprint density at radius 2 is 2.19 bits per heavy atom. The van der Waals surface area contributed by atoms with Gasteiger partial charge in [-0.25, -0.2) is 9.97 Å². The summed E-state index contributed by atoms with van der Waals surface area (Å²) in [5.74, 6) is 0.579. The normalized spacial score (nSPS) is 10.6. The van der Waals surface area contributed by atoms with Crippen LogP contribution in [0.3, 0.4) is 0 Å². The zero-order valence-electron chi connectivity index (χ0n) is 13.6. The number of amides is 1. The van der Waals surface area contributed by atoms with Gasteiger partial charge in [-0.2, -0.15) is 5.10 Å². The molecule has 4 rings (SSSR count). The Labute approximate surface area is 148 Å². The molecule has 0 fully saturated rings. The SMILES string of the molecule is C=CC(=O)Nc1cccc(Oc2cnc3[nH]cc(-c4cn[nH]c4)c3n2)c1. The van der Waals surface area contributed by atoms with Gasteiger partial charge in [0.1, 0.15) is 11.3 Å². The number of aromatic amines is 2. The van der Waals surface area contributed by atoms with Gasteiger partial charge in [0.2, 0.25) is 11.8 Å². The van der Waals surface area contributed by atoms with Crippen LogP contribution in [0.5, 0.6) is 11.6 Å². The zero-order valence-corrected chi connectivity index (χ0v) is 13.6. The first-order chi connectivity index (χ1) is 12.7. The lowest BCUT2D eigenvalue weighted by Crippen LogP contribution is -2.07. The standard InChI is InChI=1S/C18H14N6O2/c1-2-15(25)23-12-4-3-5-13(6-12)26-16-10-20-18-17(24-16)14(9-19-18)11-7-21-22-8-11/h2-10H,1H2,(H,19,20)(H,21,22)(H,23,25). The number of carbonyl (C=O) groups is 1. The summed E-state index contributed by atoms with van der Waals surface area (Å²) in [6.07, 6.45) is 8.06. The molecule has 4 aromatic rings. The van der Waals surface area contributed by atoms with Gasteiger partial charge in [-0.05, 0) is 18.2 Å². The highest BCUT2D eigenvalue weighted by Crippen LogP contribution is 2.28. The van der Waals surface area contributed by atoms with Crippen molar-refractivity contribution in [1.82, 2.24) is 25.1 Å². The molecule has 0 unspecified atom stereocenters. The average molecular weight is 346 g/mol. The second-order valence-electron chi connectivity index (χ2n) is 5.42. The molecular weight excluding hydrogens is 332 g/mol. The number of nitrogens with zero attached hydrogens (tertiary/aromatic N) is 3. The van der Waals surface area contributed by atoms with Crippen molar-refractivity contribution < 1.29 is 9.53 Å². The van der Waals surface area contributed by atoms with E-state index in [0.717, 1.165) is 11.1 Å². The minimum Gasteiger partial charge on any atom is -0.437 e. The lowest BCUT2D eigenvalue weighted by atomic mass is 10.2. The summed E-state index contributed by atoms with van der Waals surface area (Å²) in [5.41, 5.74) is 3.71. The van der Waals surface area contributed by atoms with E-state index < -0.39 is 0 Å². The molecule has 8 nitrogen and oxygen atoms in total. The predicted molar refractivity (Wildman–Crippen MR) is 96.8 cm³/mol. The Balaban J connectivity index is 1.63. The first-order valence-corrected chi connectivity index (χ1v) is 7.77. The summed E-state index contributed by atoms with van der Waals surface area (Å²) >= 11 is 0. The van der Waals surface area contributed by atoms with Crippen molar-refractivity contribution in [2.45, 2.75) is 0 Å². The number of aromatic nitrogens is 5. The number of fused-ring (bicyclic) bond motifs is 1. The Kier molecular flexibility index (Phi) is 3.91. The van der Waals surface area contributed by atoms with Crippen LogP contribution in [0.4, 0.5) is 5.69 Å². The number of rotatable bonds is 5. The Hall–Kier alpha value is -3.94. The highest BCUT2D eigenvalue weighted by molar-refractivity contribution is 5.99. The molecule has 0 atom stereocenters. The summed E-state index contributed by atoms with van der Waals surface area (Å²) in [6.45, 7) is 3.43. The topological polar surface area (TPSA) is 109 Å². The van der Waals surface area contributed by atoms with E-state index in [-0.39, 0.29) is 5.91 Å². The third-order valence-corrected chi connectivity index (χ3v) is 3.68. The van der Waals surface area contributed by atoms with E-state index in [4.69, 9.17) is 4.74 Å². The molecule has 8 heteroatoms. The third-order valence-electron chi connectivity index (χ3n) is 3.68. The van der Waals surface area contributed by atoms with E-state index in [1.54, 1.807) is 36.7 Å². The second-order valence-corrected chi connectivity index (χ2v) is 5.42. The fourth-order valence-corrected chi connectivity index (χ4v) is 2.49. The van der Waals surface area contributed by atoms with Crippen molar-refractivity contribution >= 4 is 22.8 Å². The zero-order chi connectivity index (χ0) is 17.9. The van der Waals surface area contributed by atoms with Gasteiger partial charge in [-0.3, -0.25) is 9.89 Å². The fraction of sp³-hybridized carbons (Fsp3) is 0. The molecule has 0 saturated heterocycles. The van der Waals surface area contributed by atoms with Crippen LogP contribution in [0.1, 0.15) is 0 Å². The average Bonchev–Trinajstić information content (AvgIpc) is 3.31. The molecule has 0 aliphatic heterocycles. The number of H-pyrrole nitrogens is 2. The van der Waals surface area contributed by atoms with Crippen LogP contribution in [-0.2, 0) is 4.79 Å². The summed E-state index contributed by atoms with van der Waals surface area (Å²) in [7, 11) is 0. The fourth-order valence-electron chi connectivity index (χ4n) is 2.49. The summed E-state index contributed by atoms with van der Waals surface area (Å²) < 4.78 is 5.80. The monoisotopic (exact) mass is 346 g/mol. The first kappa shape index (κ1) is 15.6. The van der Waals surface area contributed by atoms with E-state index in [0.29, 0.717) is 28.5 Å². The van der Waals surface area contributed by atoms with E-state index >= 15 is 0 Å². The maximum atomic E-state index is 11.4. The van der Waals surface area contributed by atoms with Gasteiger partial charge < -0.3 is 15.0 Å². The molecule has 0 bridgehead atoms. The maximum Gasteiger partial charge on any atom is 0.247 e. The van der Waals surface area contributed by atoms with Crippen LogP contribution in [0.25, 0.3) is 22.3 Å². The quantitative estimate of drug-likeness (QED) is 0.481. The van der Waals surface area contributed by atoms with Crippen molar-refractivity contribution in [1.29, 1.82) is 0 Å². The molecule has 1 aromatic carbocycles. The van der Waals surface area contributed by atoms with Gasteiger partial charge in [0.15, 0.2) is 5.65 Å². The van der Waals surface area contributed by atoms with Gasteiger partial charge in [0.05, 0.1) is 12.4 Å². The molecule has 128 valence electrons. The Morgan fingerprint density at radius 1 is 1.27 bits per heavy atom. The van der Waals surface area contributed by atoms with Crippen molar-refractivity contribution in [3.8, 4) is 22.8 Å². The number of carbonyl (C=O) groups excluding carboxylic acids is 1. The van der Waals surface area contributed by atoms with E-state index in [1.807, 2.05) is 6.20 Å². The first-order valence-electron chi connectivity index (χ1n) is 7.77. The van der Waals surface area contributed by atoms with Crippen LogP contribution in [0, 0.1) is 0 Å². The second kappa shape index (κ2) is 6.52. The molecule has 0 aliphatic rings. The molecule has 0 saturated carbocycles. The Morgan fingerprint density at radius 3 is 3.00 bits per heavy atom. The number of hydrogen-bond donors (Lipinski definition) is 3. The molecule has 0 radical (unpaired) electrons. The van der Waals surface area contributed by atoms with E-state index in [1.165, 1.54) is 12.3 Å². The number of nitrogens with one attached hydrogen (secondary N) is 3. The third kappa shape index (κ3) is 3.03. The van der Waals surface area contributed by atoms with Gasteiger partial charge in [-0.15, -0.1) is 0 Å². The number of benzene rings is 1. The van der Waals surface area contributed by atoms with Crippen molar-refractivity contribution in [3.05, 3.63) is 61.7 Å². The van der Waals surface area contributed by atoms with Crippen LogP contribution in [0.2, 0.25) is 0 Å². The predicted octanol–water partition coefficient (Wildman–Crippen LogP) is 3.26. The largest absolute Gasteiger partial charge is 0.437 e. The molecule has 0 aliphatic carbocycles. The van der Waals surface area contributed by atoms with Gasteiger partial charge >= 0.3 is 0 Å². The molecule has 26 heavy (non-hydrogen) atoms.